The van der Waals surface area contributed by atoms with E-state index in [0.717, 1.165) is 25.7 Å². The molecular weight excluding hydrogens is 394 g/mol. The van der Waals surface area contributed by atoms with E-state index >= 15 is 0 Å². The smallest absolute Gasteiger partial charge is 0.315 e. The quantitative estimate of drug-likeness (QED) is 0.820. The molecule has 1 spiro atoms. The summed E-state index contributed by atoms with van der Waals surface area (Å²) in [6.07, 6.45) is 4.86. The minimum absolute atomic E-state index is 0.0589. The van der Waals surface area contributed by atoms with Crippen molar-refractivity contribution in [2.45, 2.75) is 63.5 Å². The van der Waals surface area contributed by atoms with Crippen LogP contribution in [0.1, 0.15) is 58.7 Å². The number of rotatable bonds is 3. The number of benzene rings is 1. The van der Waals surface area contributed by atoms with Crippen LogP contribution in [0.15, 0.2) is 23.0 Å². The number of carbonyl (C=O) groups is 1. The van der Waals surface area contributed by atoms with Crippen LogP contribution in [0.25, 0.3) is 0 Å². The Labute approximate surface area is 181 Å². The van der Waals surface area contributed by atoms with E-state index in [1.165, 1.54) is 16.7 Å². The average Bonchev–Trinajstić information content (AvgIpc) is 3.16. The van der Waals surface area contributed by atoms with Gasteiger partial charge in [-0.15, -0.1) is 0 Å². The predicted molar refractivity (Wildman–Crippen MR) is 116 cm³/mol. The van der Waals surface area contributed by atoms with Gasteiger partial charge in [0.1, 0.15) is 11.4 Å². The van der Waals surface area contributed by atoms with Gasteiger partial charge in [-0.2, -0.15) is 4.98 Å². The minimum Gasteiger partial charge on any atom is -0.501 e. The number of likely N-dealkylation sites (N-methyl/N-ethyl adjacent to an activating group) is 1. The molecule has 0 bridgehead atoms. The lowest BCUT2D eigenvalue weighted by atomic mass is 9.74. The van der Waals surface area contributed by atoms with Gasteiger partial charge < -0.3 is 19.3 Å². The molecule has 3 aliphatic rings. The van der Waals surface area contributed by atoms with Crippen molar-refractivity contribution in [1.82, 2.24) is 14.5 Å². The SMILES string of the molecule is Cc1cc(C)cc(C2(Cc3nc(=O)c(O)c4n3CC3(COC3)N(C)C4=O)CCCC2)c1. The first-order chi connectivity index (χ1) is 14.7. The molecule has 1 saturated heterocycles. The Morgan fingerprint density at radius 2 is 1.74 bits per heavy atom. The molecule has 1 saturated carbocycles. The Balaban J connectivity index is 1.65. The highest BCUT2D eigenvalue weighted by atomic mass is 16.5. The van der Waals surface area contributed by atoms with Gasteiger partial charge in [-0.05, 0) is 32.3 Å². The number of amides is 1. The van der Waals surface area contributed by atoms with Crippen LogP contribution in [0.3, 0.4) is 0 Å². The van der Waals surface area contributed by atoms with Crippen molar-refractivity contribution in [3.63, 3.8) is 0 Å². The first-order valence-corrected chi connectivity index (χ1v) is 11.0. The normalized spacial score (nSPS) is 21.3. The number of aryl methyl sites for hydroxylation is 2. The van der Waals surface area contributed by atoms with Crippen LogP contribution in [-0.4, -0.2) is 51.3 Å². The van der Waals surface area contributed by atoms with Crippen molar-refractivity contribution in [2.24, 2.45) is 0 Å². The highest BCUT2D eigenvalue weighted by molar-refractivity contribution is 5.96. The number of nitrogens with zero attached hydrogens (tertiary/aromatic N) is 3. The maximum Gasteiger partial charge on any atom is 0.315 e. The second-order valence-corrected chi connectivity index (χ2v) is 9.74. The third kappa shape index (κ3) is 3.01. The van der Waals surface area contributed by atoms with E-state index in [0.29, 0.717) is 32.0 Å². The van der Waals surface area contributed by atoms with Crippen LogP contribution < -0.4 is 5.56 Å². The van der Waals surface area contributed by atoms with Crippen LogP contribution in [0.2, 0.25) is 0 Å². The lowest BCUT2D eigenvalue weighted by molar-refractivity contribution is -0.132. The minimum atomic E-state index is -0.725. The fourth-order valence-corrected chi connectivity index (χ4v) is 5.71. The van der Waals surface area contributed by atoms with E-state index in [9.17, 15) is 14.7 Å². The number of hydrogen-bond acceptors (Lipinski definition) is 5. The molecule has 7 heteroatoms. The second-order valence-electron chi connectivity index (χ2n) is 9.74. The average molecular weight is 424 g/mol. The van der Waals surface area contributed by atoms with Crippen molar-refractivity contribution in [2.75, 3.05) is 20.3 Å². The molecule has 0 unspecified atom stereocenters. The van der Waals surface area contributed by atoms with Crippen molar-refractivity contribution in [3.8, 4) is 5.75 Å². The van der Waals surface area contributed by atoms with E-state index in [-0.39, 0.29) is 17.0 Å². The molecule has 0 radical (unpaired) electrons. The largest absolute Gasteiger partial charge is 0.501 e. The van der Waals surface area contributed by atoms with Gasteiger partial charge >= 0.3 is 5.56 Å². The first kappa shape index (κ1) is 20.2. The maximum absolute atomic E-state index is 13.1. The van der Waals surface area contributed by atoms with Gasteiger partial charge in [-0.1, -0.05) is 42.2 Å². The van der Waals surface area contributed by atoms with Gasteiger partial charge in [0.15, 0.2) is 5.69 Å². The standard InChI is InChI=1S/C24H29N3O4/c1-15-8-16(2)10-17(9-15)23(6-4-5-7-23)11-18-25-21(29)20(28)19-22(30)26(3)24(12-27(18)19)13-31-14-24/h8-10,28H,4-7,11-14H2,1-3H3. The molecule has 1 amide bonds. The summed E-state index contributed by atoms with van der Waals surface area (Å²) in [6, 6.07) is 6.66. The zero-order valence-corrected chi connectivity index (χ0v) is 18.4. The second kappa shape index (κ2) is 6.92. The summed E-state index contributed by atoms with van der Waals surface area (Å²) in [5.41, 5.74) is 2.50. The molecule has 31 heavy (non-hydrogen) atoms. The van der Waals surface area contributed by atoms with E-state index in [1.54, 1.807) is 16.5 Å². The summed E-state index contributed by atoms with van der Waals surface area (Å²) in [6.45, 7) is 5.59. The molecule has 2 aliphatic heterocycles. The molecule has 1 aromatic carbocycles. The van der Waals surface area contributed by atoms with Gasteiger partial charge in [0, 0.05) is 18.9 Å². The molecule has 1 aromatic heterocycles. The van der Waals surface area contributed by atoms with Crippen molar-refractivity contribution in [3.05, 3.63) is 56.8 Å². The zero-order valence-electron chi connectivity index (χ0n) is 18.4. The van der Waals surface area contributed by atoms with Crippen LogP contribution in [-0.2, 0) is 23.1 Å². The maximum atomic E-state index is 13.1. The van der Waals surface area contributed by atoms with Crippen LogP contribution in [0, 0.1) is 13.8 Å². The fraction of sp³-hybridized carbons (Fsp3) is 0.542. The monoisotopic (exact) mass is 423 g/mol. The zero-order chi connectivity index (χ0) is 22.0. The third-order valence-corrected chi connectivity index (χ3v) is 7.54. The summed E-state index contributed by atoms with van der Waals surface area (Å²) in [4.78, 5) is 31.6. The lowest BCUT2D eigenvalue weighted by Crippen LogP contribution is -2.68. The molecular formula is C24H29N3O4. The number of aromatic nitrogens is 2. The van der Waals surface area contributed by atoms with Gasteiger partial charge in [-0.3, -0.25) is 9.59 Å². The summed E-state index contributed by atoms with van der Waals surface area (Å²) >= 11 is 0. The Hall–Kier alpha value is -2.67. The van der Waals surface area contributed by atoms with Gasteiger partial charge in [0.2, 0.25) is 5.75 Å². The van der Waals surface area contributed by atoms with Crippen LogP contribution in [0.4, 0.5) is 0 Å². The lowest BCUT2D eigenvalue weighted by Gasteiger charge is -2.51. The van der Waals surface area contributed by atoms with Gasteiger partial charge in [0.25, 0.3) is 5.91 Å². The molecule has 2 aromatic rings. The predicted octanol–water partition coefficient (Wildman–Crippen LogP) is 2.47. The summed E-state index contributed by atoms with van der Waals surface area (Å²) in [7, 11) is 1.71. The van der Waals surface area contributed by atoms with Crippen molar-refractivity contribution < 1.29 is 14.6 Å². The Kier molecular flexibility index (Phi) is 4.52. The molecule has 3 heterocycles. The van der Waals surface area contributed by atoms with Crippen LogP contribution in [0.5, 0.6) is 5.75 Å². The number of carbonyl (C=O) groups excluding carboxylic acids is 1. The number of aromatic hydroxyl groups is 1. The summed E-state index contributed by atoms with van der Waals surface area (Å²) in [5, 5.41) is 10.5. The number of ether oxygens (including phenoxy) is 1. The molecule has 7 nitrogen and oxygen atoms in total. The summed E-state index contributed by atoms with van der Waals surface area (Å²) in [5.74, 6) is -0.311. The number of hydrogen-bond donors (Lipinski definition) is 1. The molecule has 5 rings (SSSR count). The first-order valence-electron chi connectivity index (χ1n) is 11.0. The third-order valence-electron chi connectivity index (χ3n) is 7.54. The highest BCUT2D eigenvalue weighted by Crippen LogP contribution is 2.45. The van der Waals surface area contributed by atoms with E-state index in [1.807, 2.05) is 0 Å². The molecule has 164 valence electrons. The highest BCUT2D eigenvalue weighted by Gasteiger charge is 2.51. The van der Waals surface area contributed by atoms with E-state index < -0.39 is 16.8 Å². The molecule has 1 N–H and O–H groups in total. The van der Waals surface area contributed by atoms with Crippen molar-refractivity contribution in [1.29, 1.82) is 0 Å². The molecule has 2 fully saturated rings. The topological polar surface area (TPSA) is 84.7 Å². The summed E-state index contributed by atoms with van der Waals surface area (Å²) < 4.78 is 7.24. The fourth-order valence-electron chi connectivity index (χ4n) is 5.71. The Morgan fingerprint density at radius 1 is 1.10 bits per heavy atom. The van der Waals surface area contributed by atoms with E-state index in [2.05, 4.69) is 37.0 Å². The van der Waals surface area contributed by atoms with Gasteiger partial charge in [0.05, 0.1) is 19.8 Å². The Bertz CT molecular complexity index is 1110. The van der Waals surface area contributed by atoms with E-state index in [4.69, 9.17) is 4.74 Å². The van der Waals surface area contributed by atoms with Crippen molar-refractivity contribution >= 4 is 5.91 Å². The van der Waals surface area contributed by atoms with Crippen LogP contribution >= 0.6 is 0 Å². The molecule has 0 atom stereocenters. The van der Waals surface area contributed by atoms with Gasteiger partial charge in [-0.25, -0.2) is 0 Å². The molecule has 1 aliphatic carbocycles. The number of fused-ring (bicyclic) bond motifs is 1. The Morgan fingerprint density at radius 3 is 2.32 bits per heavy atom.